The van der Waals surface area contributed by atoms with Gasteiger partial charge >= 0.3 is 5.97 Å². The highest BCUT2D eigenvalue weighted by atomic mass is 32.1. The molecule has 0 bridgehead atoms. The van der Waals surface area contributed by atoms with Crippen LogP contribution in [0.1, 0.15) is 41.7 Å². The smallest absolute Gasteiger partial charge is 0.357 e. The van der Waals surface area contributed by atoms with Crippen molar-refractivity contribution in [2.24, 2.45) is 5.92 Å². The van der Waals surface area contributed by atoms with Crippen molar-refractivity contribution in [3.63, 3.8) is 0 Å². The number of esters is 1. The lowest BCUT2D eigenvalue weighted by molar-refractivity contribution is 0.0520. The molecule has 8 nitrogen and oxygen atoms in total. The maximum absolute atomic E-state index is 12.2. The molecule has 0 unspecified atom stereocenters. The van der Waals surface area contributed by atoms with Crippen LogP contribution in [0.3, 0.4) is 0 Å². The van der Waals surface area contributed by atoms with Crippen LogP contribution in [0.15, 0.2) is 22.3 Å². The molecule has 0 aliphatic carbocycles. The number of nitrogens with zero attached hydrogens (tertiary/aromatic N) is 3. The van der Waals surface area contributed by atoms with Crippen LogP contribution in [-0.2, 0) is 11.3 Å². The van der Waals surface area contributed by atoms with Crippen molar-refractivity contribution in [3.05, 3.63) is 39.3 Å². The summed E-state index contributed by atoms with van der Waals surface area (Å²) in [6.07, 6.45) is 0. The zero-order chi connectivity index (χ0) is 17.7. The SMILES string of the molecule is CCOC(=O)c1csc(NC(=O)c2ccc(=O)n(CC(C)C)n2)n1. The fraction of sp³-hybridized carbons (Fsp3) is 0.400. The fourth-order valence-corrected chi connectivity index (χ4v) is 2.51. The lowest BCUT2D eigenvalue weighted by atomic mass is 10.2. The highest BCUT2D eigenvalue weighted by Gasteiger charge is 2.15. The summed E-state index contributed by atoms with van der Waals surface area (Å²) in [5.41, 5.74) is -0.0304. The topological polar surface area (TPSA) is 103 Å². The van der Waals surface area contributed by atoms with Crippen molar-refractivity contribution in [1.29, 1.82) is 0 Å². The normalized spacial score (nSPS) is 10.7. The van der Waals surface area contributed by atoms with Gasteiger partial charge in [-0.3, -0.25) is 14.9 Å². The van der Waals surface area contributed by atoms with Crippen LogP contribution in [0.4, 0.5) is 5.13 Å². The molecule has 0 fully saturated rings. The maximum Gasteiger partial charge on any atom is 0.357 e. The Morgan fingerprint density at radius 3 is 2.75 bits per heavy atom. The summed E-state index contributed by atoms with van der Waals surface area (Å²) >= 11 is 1.10. The maximum atomic E-state index is 12.2. The van der Waals surface area contributed by atoms with Gasteiger partial charge in [-0.25, -0.2) is 14.5 Å². The predicted octanol–water partition coefficient (Wildman–Crippen LogP) is 1.78. The minimum Gasteiger partial charge on any atom is -0.461 e. The Labute approximate surface area is 142 Å². The number of rotatable bonds is 6. The Balaban J connectivity index is 2.12. The zero-order valence-corrected chi connectivity index (χ0v) is 14.4. The van der Waals surface area contributed by atoms with Gasteiger partial charge in [0.05, 0.1) is 6.61 Å². The van der Waals surface area contributed by atoms with E-state index in [1.54, 1.807) is 6.92 Å². The first-order valence-corrected chi connectivity index (χ1v) is 8.30. The van der Waals surface area contributed by atoms with Gasteiger partial charge in [0.2, 0.25) is 0 Å². The molecule has 2 heterocycles. The first kappa shape index (κ1) is 17.8. The molecule has 0 aliphatic rings. The molecule has 128 valence electrons. The number of carbonyl (C=O) groups excluding carboxylic acids is 2. The Kier molecular flexibility index (Phi) is 5.80. The number of ether oxygens (including phenoxy) is 1. The summed E-state index contributed by atoms with van der Waals surface area (Å²) in [6, 6.07) is 2.66. The monoisotopic (exact) mass is 350 g/mol. The van der Waals surface area contributed by atoms with E-state index in [4.69, 9.17) is 4.74 Å². The predicted molar refractivity (Wildman–Crippen MR) is 89.4 cm³/mol. The van der Waals surface area contributed by atoms with Crippen LogP contribution in [-0.4, -0.2) is 33.2 Å². The Morgan fingerprint density at radius 1 is 1.33 bits per heavy atom. The summed E-state index contributed by atoms with van der Waals surface area (Å²) in [5, 5.41) is 8.37. The van der Waals surface area contributed by atoms with Crippen LogP contribution in [0, 0.1) is 5.92 Å². The summed E-state index contributed by atoms with van der Waals surface area (Å²) in [5.74, 6) is -0.824. The molecular formula is C15H18N4O4S. The van der Waals surface area contributed by atoms with E-state index in [0.29, 0.717) is 6.54 Å². The Morgan fingerprint density at radius 2 is 2.08 bits per heavy atom. The molecule has 24 heavy (non-hydrogen) atoms. The largest absolute Gasteiger partial charge is 0.461 e. The molecule has 0 aliphatic heterocycles. The summed E-state index contributed by atoms with van der Waals surface area (Å²) in [4.78, 5) is 39.5. The highest BCUT2D eigenvalue weighted by Crippen LogP contribution is 2.16. The second kappa shape index (κ2) is 7.82. The summed E-state index contributed by atoms with van der Waals surface area (Å²) < 4.78 is 6.09. The number of amides is 1. The lowest BCUT2D eigenvalue weighted by Gasteiger charge is -2.08. The first-order chi connectivity index (χ1) is 11.4. The average molecular weight is 350 g/mol. The molecular weight excluding hydrogens is 332 g/mol. The number of thiazole rings is 1. The van der Waals surface area contributed by atoms with Crippen molar-refractivity contribution in [3.8, 4) is 0 Å². The van der Waals surface area contributed by atoms with E-state index >= 15 is 0 Å². The van der Waals surface area contributed by atoms with E-state index in [-0.39, 0.29) is 34.6 Å². The number of hydrogen-bond acceptors (Lipinski definition) is 7. The minimum atomic E-state index is -0.544. The zero-order valence-electron chi connectivity index (χ0n) is 13.6. The third-order valence-electron chi connectivity index (χ3n) is 2.85. The van der Waals surface area contributed by atoms with E-state index in [1.807, 2.05) is 13.8 Å². The van der Waals surface area contributed by atoms with Gasteiger partial charge < -0.3 is 4.74 Å². The van der Waals surface area contributed by atoms with Crippen LogP contribution in [0.2, 0.25) is 0 Å². The van der Waals surface area contributed by atoms with Crippen molar-refractivity contribution in [1.82, 2.24) is 14.8 Å². The highest BCUT2D eigenvalue weighted by molar-refractivity contribution is 7.14. The minimum absolute atomic E-state index is 0.100. The van der Waals surface area contributed by atoms with Gasteiger partial charge in [0.25, 0.3) is 11.5 Å². The molecule has 1 amide bonds. The van der Waals surface area contributed by atoms with E-state index in [0.717, 1.165) is 11.3 Å². The van der Waals surface area contributed by atoms with Crippen LogP contribution in [0.5, 0.6) is 0 Å². The molecule has 9 heteroatoms. The number of hydrogen-bond donors (Lipinski definition) is 1. The molecule has 0 spiro atoms. The fourth-order valence-electron chi connectivity index (χ4n) is 1.84. The molecule has 0 radical (unpaired) electrons. The van der Waals surface area contributed by atoms with Gasteiger partial charge in [0.1, 0.15) is 5.69 Å². The average Bonchev–Trinajstić information content (AvgIpc) is 2.98. The van der Waals surface area contributed by atoms with Crippen molar-refractivity contribution in [2.75, 3.05) is 11.9 Å². The van der Waals surface area contributed by atoms with Gasteiger partial charge in [-0.1, -0.05) is 13.8 Å². The Hall–Kier alpha value is -2.55. The third-order valence-corrected chi connectivity index (χ3v) is 3.60. The van der Waals surface area contributed by atoms with E-state index in [9.17, 15) is 14.4 Å². The second-order valence-electron chi connectivity index (χ2n) is 5.35. The first-order valence-electron chi connectivity index (χ1n) is 7.43. The Bertz CT molecular complexity index is 797. The van der Waals surface area contributed by atoms with Gasteiger partial charge in [-0.15, -0.1) is 11.3 Å². The molecule has 0 atom stereocenters. The summed E-state index contributed by atoms with van der Waals surface area (Å²) in [7, 11) is 0. The van der Waals surface area contributed by atoms with Crippen molar-refractivity contribution in [2.45, 2.75) is 27.3 Å². The van der Waals surface area contributed by atoms with Gasteiger partial charge in [0, 0.05) is 18.0 Å². The molecule has 0 saturated carbocycles. The van der Waals surface area contributed by atoms with Crippen molar-refractivity contribution >= 4 is 28.3 Å². The van der Waals surface area contributed by atoms with Gasteiger partial charge in [-0.2, -0.15) is 5.10 Å². The van der Waals surface area contributed by atoms with E-state index in [1.165, 1.54) is 22.2 Å². The second-order valence-corrected chi connectivity index (χ2v) is 6.20. The molecule has 2 rings (SSSR count). The van der Waals surface area contributed by atoms with E-state index in [2.05, 4.69) is 15.4 Å². The quantitative estimate of drug-likeness (QED) is 0.797. The molecule has 2 aromatic heterocycles. The number of anilines is 1. The van der Waals surface area contributed by atoms with Crippen LogP contribution in [0.25, 0.3) is 0 Å². The van der Waals surface area contributed by atoms with Gasteiger partial charge in [0.15, 0.2) is 10.8 Å². The standard InChI is InChI=1S/C15H18N4O4S/c1-4-23-14(22)11-8-24-15(16-11)17-13(21)10-5-6-12(20)19(18-10)7-9(2)3/h5-6,8-9H,4,7H2,1-3H3,(H,16,17,21). The number of nitrogens with one attached hydrogen (secondary N) is 1. The number of carbonyl (C=O) groups is 2. The third kappa shape index (κ3) is 4.48. The molecule has 2 aromatic rings. The van der Waals surface area contributed by atoms with Gasteiger partial charge in [-0.05, 0) is 18.9 Å². The van der Waals surface area contributed by atoms with Crippen LogP contribution >= 0.6 is 11.3 Å². The molecule has 1 N–H and O–H groups in total. The lowest BCUT2D eigenvalue weighted by Crippen LogP contribution is -2.27. The molecule has 0 saturated heterocycles. The van der Waals surface area contributed by atoms with Crippen LogP contribution < -0.4 is 10.9 Å². The van der Waals surface area contributed by atoms with E-state index < -0.39 is 11.9 Å². The van der Waals surface area contributed by atoms with Crippen molar-refractivity contribution < 1.29 is 14.3 Å². The summed E-state index contributed by atoms with van der Waals surface area (Å²) in [6.45, 7) is 6.27. The number of aromatic nitrogens is 3. The molecule has 0 aromatic carbocycles.